The van der Waals surface area contributed by atoms with E-state index in [-0.39, 0.29) is 11.5 Å². The van der Waals surface area contributed by atoms with Gasteiger partial charge in [0.05, 0.1) is 28.8 Å². The molecular weight excluding hydrogens is 701 g/mol. The van der Waals surface area contributed by atoms with Crippen molar-refractivity contribution in [2.24, 2.45) is 0 Å². The van der Waals surface area contributed by atoms with Crippen LogP contribution in [0.3, 0.4) is 0 Å². The molecular formula is C35H42INO5SSi. The molecule has 9 heteroatoms. The second-order valence-electron chi connectivity index (χ2n) is 11.7. The molecule has 3 aromatic rings. The number of carbonyl (C=O) groups excluding carboxylic acids is 1. The molecule has 234 valence electrons. The Hall–Kier alpha value is -3.07. The summed E-state index contributed by atoms with van der Waals surface area (Å²) in [6, 6.07) is 20.7. The van der Waals surface area contributed by atoms with E-state index in [1.165, 1.54) is 10.5 Å². The standard InChI is InChI=1S/C35H42INO5SSi/c1-25(2)44(26(3)4,27(5)6)22-21-29(24-42-35(38)33-11-9-10-12-34(33)36)23-37(30-15-17-31(41-8)18-16-30)43(39,40)32-19-13-28(7)14-20-32/h9-20,23,25-27H,24H2,1-8H3/b29-23+. The molecule has 0 amide bonds. The zero-order chi connectivity index (χ0) is 32.7. The summed E-state index contributed by atoms with van der Waals surface area (Å²) in [5.74, 6) is 3.44. The van der Waals surface area contributed by atoms with Gasteiger partial charge in [-0.05, 0) is 94.7 Å². The minimum Gasteiger partial charge on any atom is -0.497 e. The average Bonchev–Trinajstić information content (AvgIpc) is 2.98. The number of hydrogen-bond donors (Lipinski definition) is 0. The molecule has 0 aliphatic rings. The molecule has 0 N–H and O–H groups in total. The van der Waals surface area contributed by atoms with E-state index in [1.54, 1.807) is 67.8 Å². The normalized spacial score (nSPS) is 12.2. The molecule has 0 atom stereocenters. The maximum atomic E-state index is 14.2. The second-order valence-corrected chi connectivity index (χ2v) is 20.2. The van der Waals surface area contributed by atoms with Crippen LogP contribution in [0.5, 0.6) is 5.75 Å². The number of aryl methyl sites for hydroxylation is 1. The lowest BCUT2D eigenvalue weighted by molar-refractivity contribution is 0.0542. The number of nitrogens with zero attached hydrogens (tertiary/aromatic N) is 1. The number of esters is 1. The molecule has 0 aliphatic heterocycles. The van der Waals surface area contributed by atoms with Gasteiger partial charge in [-0.3, -0.25) is 0 Å². The molecule has 0 spiro atoms. The first-order valence-electron chi connectivity index (χ1n) is 14.6. The van der Waals surface area contributed by atoms with Crippen molar-refractivity contribution in [2.45, 2.75) is 70.0 Å². The Morgan fingerprint density at radius 2 is 1.48 bits per heavy atom. The van der Waals surface area contributed by atoms with Gasteiger partial charge in [-0.1, -0.05) is 77.3 Å². The largest absolute Gasteiger partial charge is 0.497 e. The highest BCUT2D eigenvalue weighted by atomic mass is 127. The fraction of sp³-hybridized carbons (Fsp3) is 0.343. The van der Waals surface area contributed by atoms with Crippen molar-refractivity contribution in [1.29, 1.82) is 0 Å². The highest BCUT2D eigenvalue weighted by molar-refractivity contribution is 14.1. The molecule has 0 saturated heterocycles. The third kappa shape index (κ3) is 8.14. The van der Waals surface area contributed by atoms with Gasteiger partial charge in [0.25, 0.3) is 10.0 Å². The molecule has 3 rings (SSSR count). The maximum absolute atomic E-state index is 14.2. The van der Waals surface area contributed by atoms with E-state index in [2.05, 4.69) is 75.6 Å². The van der Waals surface area contributed by atoms with Gasteiger partial charge in [-0.15, -0.1) is 5.54 Å². The van der Waals surface area contributed by atoms with Crippen LogP contribution in [0.1, 0.15) is 57.5 Å². The Bertz CT molecular complexity index is 1620. The average molecular weight is 744 g/mol. The van der Waals surface area contributed by atoms with Crippen molar-refractivity contribution < 1.29 is 22.7 Å². The monoisotopic (exact) mass is 743 g/mol. The van der Waals surface area contributed by atoms with Crippen molar-refractivity contribution in [3.8, 4) is 17.2 Å². The quantitative estimate of drug-likeness (QED) is 0.0851. The third-order valence-corrected chi connectivity index (χ3v) is 16.9. The van der Waals surface area contributed by atoms with Crippen LogP contribution in [0.25, 0.3) is 0 Å². The maximum Gasteiger partial charge on any atom is 0.339 e. The molecule has 0 fully saturated rings. The lowest BCUT2D eigenvalue weighted by atomic mass is 10.2. The smallest absolute Gasteiger partial charge is 0.339 e. The molecule has 6 nitrogen and oxygen atoms in total. The number of ether oxygens (including phenoxy) is 2. The van der Waals surface area contributed by atoms with Crippen LogP contribution < -0.4 is 9.04 Å². The number of carbonyl (C=O) groups is 1. The topological polar surface area (TPSA) is 72.9 Å². The summed E-state index contributed by atoms with van der Waals surface area (Å²) in [6.07, 6.45) is 1.49. The van der Waals surface area contributed by atoms with Gasteiger partial charge in [0.1, 0.15) is 20.4 Å². The van der Waals surface area contributed by atoms with E-state index in [4.69, 9.17) is 9.47 Å². The number of hydrogen-bond acceptors (Lipinski definition) is 5. The van der Waals surface area contributed by atoms with Crippen LogP contribution >= 0.6 is 22.6 Å². The highest BCUT2D eigenvalue weighted by Gasteiger charge is 2.41. The van der Waals surface area contributed by atoms with Crippen LogP contribution in [-0.4, -0.2) is 36.2 Å². The first-order chi connectivity index (χ1) is 20.7. The third-order valence-electron chi connectivity index (χ3n) is 7.94. The molecule has 0 saturated carbocycles. The van der Waals surface area contributed by atoms with Crippen LogP contribution in [-0.2, 0) is 14.8 Å². The minimum absolute atomic E-state index is 0.133. The summed E-state index contributed by atoms with van der Waals surface area (Å²) in [6.45, 7) is 15.0. The summed E-state index contributed by atoms with van der Waals surface area (Å²) >= 11 is 2.10. The minimum atomic E-state index is -4.07. The molecule has 44 heavy (non-hydrogen) atoms. The van der Waals surface area contributed by atoms with E-state index < -0.39 is 24.1 Å². The first-order valence-corrected chi connectivity index (χ1v) is 19.4. The molecule has 0 radical (unpaired) electrons. The van der Waals surface area contributed by atoms with Crippen molar-refractivity contribution in [1.82, 2.24) is 0 Å². The zero-order valence-corrected chi connectivity index (χ0v) is 30.7. The Morgan fingerprint density at radius 1 is 0.909 bits per heavy atom. The van der Waals surface area contributed by atoms with Gasteiger partial charge in [0, 0.05) is 9.77 Å². The van der Waals surface area contributed by atoms with Crippen molar-refractivity contribution >= 4 is 52.3 Å². The number of anilines is 1. The highest BCUT2D eigenvalue weighted by Crippen LogP contribution is 2.41. The van der Waals surface area contributed by atoms with Crippen molar-refractivity contribution in [2.75, 3.05) is 18.0 Å². The van der Waals surface area contributed by atoms with Crippen molar-refractivity contribution in [3.63, 3.8) is 0 Å². The fourth-order valence-corrected chi connectivity index (χ4v) is 12.8. The van der Waals surface area contributed by atoms with Gasteiger partial charge in [-0.2, -0.15) is 0 Å². The van der Waals surface area contributed by atoms with Crippen LogP contribution in [0, 0.1) is 22.0 Å². The lowest BCUT2D eigenvalue weighted by Gasteiger charge is -2.38. The second kappa shape index (κ2) is 15.3. The predicted molar refractivity (Wildman–Crippen MR) is 190 cm³/mol. The molecule has 0 aliphatic carbocycles. The van der Waals surface area contributed by atoms with Gasteiger partial charge in [0.2, 0.25) is 0 Å². The molecule has 0 heterocycles. The lowest BCUT2D eigenvalue weighted by Crippen LogP contribution is -2.43. The van der Waals surface area contributed by atoms with Gasteiger partial charge in [-0.25, -0.2) is 17.5 Å². The van der Waals surface area contributed by atoms with E-state index >= 15 is 0 Å². The zero-order valence-electron chi connectivity index (χ0n) is 26.7. The SMILES string of the molecule is COc1ccc(N(/C=C(\C#C[Si](C(C)C)(C(C)C)C(C)C)COC(=O)c2ccccc2I)S(=O)(=O)c2ccc(C)cc2)cc1. The molecule has 0 unspecified atom stereocenters. The van der Waals surface area contributed by atoms with Crippen LogP contribution in [0.4, 0.5) is 5.69 Å². The number of halogens is 1. The number of benzene rings is 3. The molecule has 3 aromatic carbocycles. The summed E-state index contributed by atoms with van der Waals surface area (Å²) in [4.78, 5) is 13.3. The van der Waals surface area contributed by atoms with Crippen LogP contribution in [0.15, 0.2) is 89.5 Å². The van der Waals surface area contributed by atoms with Gasteiger partial charge >= 0.3 is 5.97 Å². The first kappa shape index (κ1) is 35.4. The molecule has 0 bridgehead atoms. The number of methoxy groups -OCH3 is 1. The predicted octanol–water partition coefficient (Wildman–Crippen LogP) is 8.77. The summed E-state index contributed by atoms with van der Waals surface area (Å²) in [5, 5.41) is 0. The van der Waals surface area contributed by atoms with Crippen molar-refractivity contribution in [3.05, 3.63) is 99.3 Å². The number of sulfonamides is 1. The summed E-state index contributed by atoms with van der Waals surface area (Å²) in [5.41, 5.74) is 6.91. The van der Waals surface area contributed by atoms with E-state index in [1.807, 2.05) is 19.1 Å². The Kier molecular flexibility index (Phi) is 12.3. The van der Waals surface area contributed by atoms with E-state index in [9.17, 15) is 13.2 Å². The van der Waals surface area contributed by atoms with E-state index in [0.717, 1.165) is 9.13 Å². The van der Waals surface area contributed by atoms with E-state index in [0.29, 0.717) is 39.2 Å². The van der Waals surface area contributed by atoms with Crippen LogP contribution in [0.2, 0.25) is 16.6 Å². The fourth-order valence-electron chi connectivity index (χ4n) is 5.55. The van der Waals surface area contributed by atoms with Gasteiger partial charge in [0.15, 0.2) is 0 Å². The number of rotatable bonds is 11. The summed E-state index contributed by atoms with van der Waals surface area (Å²) < 4.78 is 41.4. The van der Waals surface area contributed by atoms with Gasteiger partial charge < -0.3 is 9.47 Å². The Balaban J connectivity index is 2.23. The summed E-state index contributed by atoms with van der Waals surface area (Å²) in [7, 11) is -4.72. The Morgan fingerprint density at radius 3 is 2.00 bits per heavy atom. The Labute approximate surface area is 278 Å². The molecule has 0 aromatic heterocycles.